The highest BCUT2D eigenvalue weighted by atomic mass is 32.2. The Balaban J connectivity index is 1.86. The lowest BCUT2D eigenvalue weighted by atomic mass is 10.3. The van der Waals surface area contributed by atoms with E-state index >= 15 is 0 Å². The Bertz CT molecular complexity index is 694. The van der Waals surface area contributed by atoms with Crippen LogP contribution in [0.25, 0.3) is 0 Å². The van der Waals surface area contributed by atoms with E-state index in [2.05, 4.69) is 36.4 Å². The van der Waals surface area contributed by atoms with Gasteiger partial charge in [0.1, 0.15) is 0 Å². The topological polar surface area (TPSA) is 71.1 Å². The quantitative estimate of drug-likeness (QED) is 0.660. The van der Waals surface area contributed by atoms with Crippen LogP contribution in [0.1, 0.15) is 26.3 Å². The molecule has 126 valence electrons. The van der Waals surface area contributed by atoms with Crippen LogP contribution in [0, 0.1) is 0 Å². The monoisotopic (exact) mass is 343 g/mol. The van der Waals surface area contributed by atoms with Crippen molar-refractivity contribution in [1.82, 2.24) is 10.3 Å². The van der Waals surface area contributed by atoms with Crippen LogP contribution in [0.5, 0.6) is 0 Å². The van der Waals surface area contributed by atoms with Crippen molar-refractivity contribution in [1.29, 1.82) is 0 Å². The first-order valence-electron chi connectivity index (χ1n) is 7.61. The van der Waals surface area contributed by atoms with Gasteiger partial charge in [-0.3, -0.25) is 14.6 Å². The molecule has 0 fully saturated rings. The van der Waals surface area contributed by atoms with E-state index < -0.39 is 11.8 Å². The van der Waals surface area contributed by atoms with Crippen molar-refractivity contribution in [3.8, 4) is 0 Å². The largest absolute Gasteiger partial charge is 0.344 e. The Hall–Kier alpha value is -2.34. The first-order valence-corrected chi connectivity index (χ1v) is 8.42. The van der Waals surface area contributed by atoms with E-state index in [1.807, 2.05) is 18.2 Å². The lowest BCUT2D eigenvalue weighted by molar-refractivity contribution is -0.136. The molecule has 0 aliphatic rings. The van der Waals surface area contributed by atoms with E-state index in [-0.39, 0.29) is 11.3 Å². The van der Waals surface area contributed by atoms with Gasteiger partial charge in [-0.1, -0.05) is 26.8 Å². The fourth-order valence-electron chi connectivity index (χ4n) is 1.91. The van der Waals surface area contributed by atoms with Crippen LogP contribution in [0.2, 0.25) is 0 Å². The smallest absolute Gasteiger partial charge is 0.313 e. The number of carbonyl (C=O) groups excluding carboxylic acids is 2. The van der Waals surface area contributed by atoms with Crippen LogP contribution < -0.4 is 10.6 Å². The molecule has 1 aromatic carbocycles. The van der Waals surface area contributed by atoms with Gasteiger partial charge in [-0.15, -0.1) is 11.8 Å². The summed E-state index contributed by atoms with van der Waals surface area (Å²) in [6.07, 6.45) is 3.30. The summed E-state index contributed by atoms with van der Waals surface area (Å²) in [5.74, 6) is -1.36. The van der Waals surface area contributed by atoms with Crippen molar-refractivity contribution < 1.29 is 9.59 Å². The number of anilines is 1. The number of nitrogens with one attached hydrogen (secondary N) is 2. The van der Waals surface area contributed by atoms with Gasteiger partial charge in [0.2, 0.25) is 0 Å². The van der Waals surface area contributed by atoms with Gasteiger partial charge >= 0.3 is 11.8 Å². The van der Waals surface area contributed by atoms with Crippen LogP contribution in [0.15, 0.2) is 53.7 Å². The molecule has 0 spiro atoms. The summed E-state index contributed by atoms with van der Waals surface area (Å²) in [7, 11) is 0. The van der Waals surface area contributed by atoms with Gasteiger partial charge in [-0.05, 0) is 35.9 Å². The number of amides is 2. The van der Waals surface area contributed by atoms with Gasteiger partial charge in [-0.25, -0.2) is 0 Å². The van der Waals surface area contributed by atoms with Crippen molar-refractivity contribution in [2.24, 2.45) is 0 Å². The molecule has 2 aromatic rings. The molecule has 5 nitrogen and oxygen atoms in total. The van der Waals surface area contributed by atoms with Gasteiger partial charge in [0.05, 0.1) is 0 Å². The second-order valence-corrected chi connectivity index (χ2v) is 8.14. The Labute approximate surface area is 146 Å². The molecule has 0 radical (unpaired) electrons. The number of thioether (sulfide) groups is 1. The van der Waals surface area contributed by atoms with Gasteiger partial charge in [0.25, 0.3) is 0 Å². The summed E-state index contributed by atoms with van der Waals surface area (Å²) in [6, 6.07) is 11.0. The van der Waals surface area contributed by atoms with Crippen molar-refractivity contribution in [2.75, 3.05) is 5.32 Å². The zero-order valence-electron chi connectivity index (χ0n) is 14.0. The molecule has 1 aromatic heterocycles. The van der Waals surface area contributed by atoms with E-state index in [1.54, 1.807) is 42.4 Å². The predicted molar refractivity (Wildman–Crippen MR) is 96.8 cm³/mol. The summed E-state index contributed by atoms with van der Waals surface area (Å²) >= 11 is 1.74. The Morgan fingerprint density at radius 3 is 2.38 bits per heavy atom. The third kappa shape index (κ3) is 6.04. The zero-order chi connectivity index (χ0) is 17.6. The Kier molecular flexibility index (Phi) is 5.98. The van der Waals surface area contributed by atoms with Crippen molar-refractivity contribution in [2.45, 2.75) is 37.0 Å². The van der Waals surface area contributed by atoms with Crippen LogP contribution in [0.4, 0.5) is 5.69 Å². The van der Waals surface area contributed by atoms with E-state index in [1.165, 1.54) is 0 Å². The SMILES string of the molecule is CC(C)(C)Sc1ccc(NC(=O)C(=O)NCc2cccnc2)cc1. The van der Waals surface area contributed by atoms with Crippen molar-refractivity contribution >= 4 is 29.3 Å². The number of hydrogen-bond donors (Lipinski definition) is 2. The third-order valence-electron chi connectivity index (χ3n) is 2.92. The highest BCUT2D eigenvalue weighted by molar-refractivity contribution is 8.00. The molecule has 0 aliphatic heterocycles. The maximum absolute atomic E-state index is 11.9. The number of pyridine rings is 1. The molecule has 0 bridgehead atoms. The predicted octanol–water partition coefficient (Wildman–Crippen LogP) is 3.23. The molecule has 1 heterocycles. The fourth-order valence-corrected chi connectivity index (χ4v) is 2.89. The van der Waals surface area contributed by atoms with E-state index in [4.69, 9.17) is 0 Å². The highest BCUT2D eigenvalue weighted by Crippen LogP contribution is 2.32. The second-order valence-electron chi connectivity index (χ2n) is 6.24. The summed E-state index contributed by atoms with van der Waals surface area (Å²) in [4.78, 5) is 28.8. The zero-order valence-corrected chi connectivity index (χ0v) is 14.8. The number of carbonyl (C=O) groups is 2. The minimum atomic E-state index is -0.685. The van der Waals surface area contributed by atoms with E-state index in [0.29, 0.717) is 5.69 Å². The van der Waals surface area contributed by atoms with Crippen LogP contribution in [-0.2, 0) is 16.1 Å². The number of hydrogen-bond acceptors (Lipinski definition) is 4. The molecule has 0 aliphatic carbocycles. The Morgan fingerprint density at radius 2 is 1.79 bits per heavy atom. The molecule has 24 heavy (non-hydrogen) atoms. The first-order chi connectivity index (χ1) is 11.3. The molecule has 0 atom stereocenters. The number of rotatable bonds is 4. The van der Waals surface area contributed by atoms with E-state index in [9.17, 15) is 9.59 Å². The summed E-state index contributed by atoms with van der Waals surface area (Å²) in [5.41, 5.74) is 1.43. The lowest BCUT2D eigenvalue weighted by Gasteiger charge is -2.17. The molecular formula is C18H21N3O2S. The van der Waals surface area contributed by atoms with Crippen LogP contribution in [0.3, 0.4) is 0 Å². The maximum Gasteiger partial charge on any atom is 0.313 e. The van der Waals surface area contributed by atoms with Crippen molar-refractivity contribution in [3.63, 3.8) is 0 Å². The fraction of sp³-hybridized carbons (Fsp3) is 0.278. The van der Waals surface area contributed by atoms with Gasteiger partial charge < -0.3 is 10.6 Å². The standard InChI is InChI=1S/C18H21N3O2S/c1-18(2,3)24-15-8-6-14(7-9-15)21-17(23)16(22)20-12-13-5-4-10-19-11-13/h4-11H,12H2,1-3H3,(H,20,22)(H,21,23). The van der Waals surface area contributed by atoms with Gasteiger partial charge in [0.15, 0.2) is 0 Å². The molecule has 2 N–H and O–H groups in total. The lowest BCUT2D eigenvalue weighted by Crippen LogP contribution is -2.34. The highest BCUT2D eigenvalue weighted by Gasteiger charge is 2.14. The molecule has 6 heteroatoms. The minimum Gasteiger partial charge on any atom is -0.344 e. The average Bonchev–Trinajstić information content (AvgIpc) is 2.54. The normalized spacial score (nSPS) is 11.0. The third-order valence-corrected chi connectivity index (χ3v) is 4.04. The van der Waals surface area contributed by atoms with Gasteiger partial charge in [0, 0.05) is 34.3 Å². The number of benzene rings is 1. The minimum absolute atomic E-state index is 0.122. The average molecular weight is 343 g/mol. The molecule has 0 saturated carbocycles. The van der Waals surface area contributed by atoms with E-state index in [0.717, 1.165) is 10.5 Å². The summed E-state index contributed by atoms with van der Waals surface area (Å²) < 4.78 is 0.122. The van der Waals surface area contributed by atoms with Crippen LogP contribution >= 0.6 is 11.8 Å². The maximum atomic E-state index is 11.9. The molecule has 0 saturated heterocycles. The molecule has 0 unspecified atom stereocenters. The first kappa shape index (κ1) is 18.0. The number of nitrogens with zero attached hydrogens (tertiary/aromatic N) is 1. The van der Waals surface area contributed by atoms with Crippen molar-refractivity contribution in [3.05, 3.63) is 54.4 Å². The Morgan fingerprint density at radius 1 is 1.08 bits per heavy atom. The molecule has 2 rings (SSSR count). The second kappa shape index (κ2) is 7.97. The number of aromatic nitrogens is 1. The summed E-state index contributed by atoms with van der Waals surface area (Å²) in [6.45, 7) is 6.68. The van der Waals surface area contributed by atoms with Crippen LogP contribution in [-0.4, -0.2) is 21.5 Å². The summed E-state index contributed by atoms with van der Waals surface area (Å²) in [5, 5.41) is 5.16. The molecular weight excluding hydrogens is 322 g/mol. The van der Waals surface area contributed by atoms with Gasteiger partial charge in [-0.2, -0.15) is 0 Å². The molecule has 2 amide bonds.